The number of aliphatic carboxylic acids is 1. The number of hydrogen-bond donors (Lipinski definition) is 3. The fourth-order valence-electron chi connectivity index (χ4n) is 3.30. The van der Waals surface area contributed by atoms with Crippen LogP contribution in [0.1, 0.15) is 16.7 Å². The summed E-state index contributed by atoms with van der Waals surface area (Å²) in [4.78, 5) is 23.4. The van der Waals surface area contributed by atoms with E-state index in [0.717, 1.165) is 5.56 Å². The largest absolute Gasteiger partial charge is 0.493 e. The highest BCUT2D eigenvalue weighted by Crippen LogP contribution is 2.37. The third-order valence-corrected chi connectivity index (χ3v) is 5.99. The van der Waals surface area contributed by atoms with Crippen LogP contribution in [0.5, 0.6) is 17.2 Å². The van der Waals surface area contributed by atoms with Gasteiger partial charge in [-0.3, -0.25) is 4.79 Å². The van der Waals surface area contributed by atoms with E-state index in [2.05, 4.69) is 10.6 Å². The molecule has 0 aliphatic heterocycles. The van der Waals surface area contributed by atoms with Gasteiger partial charge in [-0.05, 0) is 41.5 Å². The number of urea groups is 1. The summed E-state index contributed by atoms with van der Waals surface area (Å²) in [6.45, 7) is 0.300. The Hall–Kier alpha value is -3.86. The number of anilines is 1. The minimum absolute atomic E-state index is 0.0485. The number of halogens is 3. The average molecular weight is 535 g/mol. The van der Waals surface area contributed by atoms with Crippen LogP contribution in [0.2, 0.25) is 0 Å². The molecule has 0 fully saturated rings. The van der Waals surface area contributed by atoms with E-state index in [-0.39, 0.29) is 23.7 Å². The number of thioether (sulfide) groups is 1. The molecular formula is C26H25F3N2O5S. The third kappa shape index (κ3) is 9.26. The molecule has 0 aromatic heterocycles. The molecule has 0 saturated carbocycles. The molecule has 3 aromatic rings. The number of alkyl halides is 3. The third-order valence-electron chi connectivity index (χ3n) is 4.94. The molecule has 0 bridgehead atoms. The second-order valence-corrected chi connectivity index (χ2v) is 8.87. The summed E-state index contributed by atoms with van der Waals surface area (Å²) < 4.78 is 49.5. The van der Waals surface area contributed by atoms with E-state index in [1.165, 1.54) is 25.3 Å². The maximum Gasteiger partial charge on any atom is 0.397 e. The number of carboxylic acid groups (broad SMARTS) is 1. The fourth-order valence-corrected chi connectivity index (χ4v) is 4.08. The second-order valence-electron chi connectivity index (χ2n) is 7.88. The summed E-state index contributed by atoms with van der Waals surface area (Å²) in [6.07, 6.45) is -4.58. The molecule has 0 aliphatic rings. The van der Waals surface area contributed by atoms with Crippen LogP contribution in [-0.2, 0) is 23.5 Å². The van der Waals surface area contributed by atoms with Gasteiger partial charge in [0, 0.05) is 23.5 Å². The molecule has 196 valence electrons. The van der Waals surface area contributed by atoms with Gasteiger partial charge in [-0.2, -0.15) is 13.2 Å². The van der Waals surface area contributed by atoms with E-state index >= 15 is 0 Å². The molecular weight excluding hydrogens is 509 g/mol. The molecule has 0 spiro atoms. The van der Waals surface area contributed by atoms with Crippen molar-refractivity contribution in [1.29, 1.82) is 0 Å². The highest BCUT2D eigenvalue weighted by Gasteiger charge is 2.27. The number of nitrogens with one attached hydrogen (secondary N) is 2. The zero-order valence-corrected chi connectivity index (χ0v) is 20.6. The van der Waals surface area contributed by atoms with Crippen LogP contribution in [0.4, 0.5) is 23.7 Å². The lowest BCUT2D eigenvalue weighted by Gasteiger charge is -2.16. The van der Waals surface area contributed by atoms with Gasteiger partial charge >= 0.3 is 18.2 Å². The zero-order chi connectivity index (χ0) is 26.8. The van der Waals surface area contributed by atoms with Crippen molar-refractivity contribution in [1.82, 2.24) is 5.32 Å². The second kappa shape index (κ2) is 12.9. The first-order chi connectivity index (χ1) is 17.6. The smallest absolute Gasteiger partial charge is 0.397 e. The predicted molar refractivity (Wildman–Crippen MR) is 135 cm³/mol. The van der Waals surface area contributed by atoms with Crippen molar-refractivity contribution in [2.24, 2.45) is 0 Å². The summed E-state index contributed by atoms with van der Waals surface area (Å²) in [5, 5.41) is 14.5. The van der Waals surface area contributed by atoms with Crippen molar-refractivity contribution in [2.75, 3.05) is 18.2 Å². The number of carbonyl (C=O) groups excluding carboxylic acids is 1. The van der Waals surface area contributed by atoms with Crippen LogP contribution in [0.3, 0.4) is 0 Å². The van der Waals surface area contributed by atoms with Gasteiger partial charge in [0.25, 0.3) is 0 Å². The van der Waals surface area contributed by atoms with Crippen LogP contribution < -0.4 is 20.1 Å². The molecule has 7 nitrogen and oxygen atoms in total. The van der Waals surface area contributed by atoms with Crippen molar-refractivity contribution >= 4 is 29.4 Å². The molecule has 3 rings (SSSR count). The number of carboxylic acids is 1. The Labute approximate surface area is 216 Å². The number of ether oxygens (including phenoxy) is 2. The van der Waals surface area contributed by atoms with E-state index in [1.807, 2.05) is 30.3 Å². The summed E-state index contributed by atoms with van der Waals surface area (Å²) in [6, 6.07) is 18.1. The Morgan fingerprint density at radius 1 is 0.946 bits per heavy atom. The Bertz CT molecular complexity index is 1220. The van der Waals surface area contributed by atoms with Crippen LogP contribution in [-0.4, -0.2) is 36.1 Å². The molecule has 0 unspecified atom stereocenters. The average Bonchev–Trinajstić information content (AvgIpc) is 2.84. The lowest BCUT2D eigenvalue weighted by molar-refractivity contribution is -0.136. The van der Waals surface area contributed by atoms with Gasteiger partial charge in [-0.25, -0.2) is 4.79 Å². The highest BCUT2D eigenvalue weighted by atomic mass is 32.2. The first kappa shape index (κ1) is 27.7. The van der Waals surface area contributed by atoms with Gasteiger partial charge < -0.3 is 25.2 Å². The molecule has 0 atom stereocenters. The Morgan fingerprint density at radius 3 is 2.35 bits per heavy atom. The van der Waals surface area contributed by atoms with Crippen LogP contribution >= 0.6 is 11.8 Å². The van der Waals surface area contributed by atoms with Crippen molar-refractivity contribution in [2.45, 2.75) is 24.9 Å². The first-order valence-electron chi connectivity index (χ1n) is 11.1. The number of methoxy groups -OCH3 is 1. The van der Waals surface area contributed by atoms with Gasteiger partial charge in [0.2, 0.25) is 0 Å². The molecule has 0 heterocycles. The molecule has 3 N–H and O–H groups in total. The fraction of sp³-hybridized carbons (Fsp3) is 0.231. The minimum Gasteiger partial charge on any atom is -0.493 e. The lowest BCUT2D eigenvalue weighted by Crippen LogP contribution is -2.28. The zero-order valence-electron chi connectivity index (χ0n) is 19.8. The number of benzene rings is 3. The number of carbonyl (C=O) groups is 2. The number of amides is 2. The number of hydrogen-bond acceptors (Lipinski definition) is 5. The molecule has 0 saturated heterocycles. The van der Waals surface area contributed by atoms with Crippen molar-refractivity contribution in [3.63, 3.8) is 0 Å². The SMILES string of the molecule is COc1ccc(CC(=O)O)cc1Oc1ccc(NC(=O)NCc2ccccc2)cc1CSCC(F)(F)F. The van der Waals surface area contributed by atoms with Crippen LogP contribution in [0.15, 0.2) is 66.7 Å². The maximum atomic E-state index is 12.7. The topological polar surface area (TPSA) is 96.9 Å². The summed E-state index contributed by atoms with van der Waals surface area (Å²) in [5.74, 6) is -1.35. The molecule has 2 amide bonds. The molecule has 37 heavy (non-hydrogen) atoms. The minimum atomic E-state index is -4.34. The monoisotopic (exact) mass is 534 g/mol. The molecule has 0 radical (unpaired) electrons. The Morgan fingerprint density at radius 2 is 1.68 bits per heavy atom. The van der Waals surface area contributed by atoms with E-state index < -0.39 is 23.9 Å². The summed E-state index contributed by atoms with van der Waals surface area (Å²) in [5.41, 5.74) is 2.14. The van der Waals surface area contributed by atoms with Crippen LogP contribution in [0, 0.1) is 0 Å². The predicted octanol–water partition coefficient (Wildman–Crippen LogP) is 6.23. The Kier molecular flexibility index (Phi) is 9.67. The first-order valence-corrected chi connectivity index (χ1v) is 12.2. The van der Waals surface area contributed by atoms with Crippen molar-refractivity contribution < 1.29 is 37.3 Å². The van der Waals surface area contributed by atoms with Gasteiger partial charge in [0.1, 0.15) is 5.75 Å². The van der Waals surface area contributed by atoms with E-state index in [9.17, 15) is 22.8 Å². The van der Waals surface area contributed by atoms with Gasteiger partial charge in [-0.1, -0.05) is 36.4 Å². The van der Waals surface area contributed by atoms with Gasteiger partial charge in [0.05, 0.1) is 19.3 Å². The van der Waals surface area contributed by atoms with E-state index in [0.29, 0.717) is 40.9 Å². The standard InChI is InChI=1S/C26H25F3N2O5S/c1-35-22-9-7-18(12-24(32)33)11-23(22)36-21-10-8-20(13-19(21)15-37-16-26(27,28)29)31-25(34)30-14-17-5-3-2-4-6-17/h2-11,13H,12,14-16H2,1H3,(H,32,33)(H2,30,31,34). The van der Waals surface area contributed by atoms with Gasteiger partial charge in [0.15, 0.2) is 11.5 Å². The summed E-state index contributed by atoms with van der Waals surface area (Å²) in [7, 11) is 1.42. The molecule has 3 aromatic carbocycles. The van der Waals surface area contributed by atoms with E-state index in [4.69, 9.17) is 14.6 Å². The number of rotatable bonds is 11. The summed E-state index contributed by atoms with van der Waals surface area (Å²) >= 11 is 0.652. The van der Waals surface area contributed by atoms with Crippen LogP contribution in [0.25, 0.3) is 0 Å². The van der Waals surface area contributed by atoms with Crippen molar-refractivity contribution in [3.8, 4) is 17.2 Å². The van der Waals surface area contributed by atoms with Gasteiger partial charge in [-0.15, -0.1) is 11.8 Å². The maximum absolute atomic E-state index is 12.7. The molecule has 0 aliphatic carbocycles. The van der Waals surface area contributed by atoms with Crippen molar-refractivity contribution in [3.05, 3.63) is 83.4 Å². The normalized spacial score (nSPS) is 11.0. The highest BCUT2D eigenvalue weighted by molar-refractivity contribution is 7.98. The van der Waals surface area contributed by atoms with E-state index in [1.54, 1.807) is 18.2 Å². The molecule has 11 heteroatoms. The lowest BCUT2D eigenvalue weighted by atomic mass is 10.1. The quantitative estimate of drug-likeness (QED) is 0.270. The Balaban J connectivity index is 1.80.